The monoisotopic (exact) mass is 270 g/mol. The average Bonchev–Trinajstić information content (AvgIpc) is 2.42. The van der Waals surface area contributed by atoms with Crippen LogP contribution in [-0.4, -0.2) is 0 Å². The molecule has 2 aromatic rings. The molecule has 0 saturated heterocycles. The van der Waals surface area contributed by atoms with E-state index in [1.807, 2.05) is 11.8 Å². The highest BCUT2D eigenvalue weighted by molar-refractivity contribution is 7.99. The molecule has 0 saturated carbocycles. The Morgan fingerprint density at radius 3 is 2.11 bits per heavy atom. The Balaban J connectivity index is 1.88. The lowest BCUT2D eigenvalue weighted by Crippen LogP contribution is -1.90. The summed E-state index contributed by atoms with van der Waals surface area (Å²) in [6.07, 6.45) is 3.82. The summed E-state index contributed by atoms with van der Waals surface area (Å²) in [4.78, 5) is 2.62. The van der Waals surface area contributed by atoms with Gasteiger partial charge >= 0.3 is 0 Å². The molecule has 0 heterocycles. The molecule has 0 aromatic heterocycles. The van der Waals surface area contributed by atoms with Crippen LogP contribution >= 0.6 is 11.8 Å². The van der Waals surface area contributed by atoms with E-state index in [2.05, 4.69) is 68.4 Å². The van der Waals surface area contributed by atoms with Crippen molar-refractivity contribution in [1.82, 2.24) is 0 Å². The second-order valence-electron chi connectivity index (χ2n) is 5.35. The lowest BCUT2D eigenvalue weighted by Gasteiger charge is -2.06. The van der Waals surface area contributed by atoms with Crippen molar-refractivity contribution in [3.63, 3.8) is 0 Å². The van der Waals surface area contributed by atoms with Gasteiger partial charge in [-0.1, -0.05) is 62.4 Å². The lowest BCUT2D eigenvalue weighted by atomic mass is 10.0. The van der Waals surface area contributed by atoms with Crippen molar-refractivity contribution in [2.45, 2.75) is 42.9 Å². The maximum Gasteiger partial charge on any atom is 0.0122 e. The highest BCUT2D eigenvalue weighted by Gasteiger charge is 1.99. The van der Waals surface area contributed by atoms with Gasteiger partial charge in [0.05, 0.1) is 0 Å². The van der Waals surface area contributed by atoms with Crippen LogP contribution in [0.3, 0.4) is 0 Å². The summed E-state index contributed by atoms with van der Waals surface area (Å²) in [6, 6.07) is 19.6. The molecule has 0 fully saturated rings. The third kappa shape index (κ3) is 5.12. The minimum atomic E-state index is 0.813. The second kappa shape index (κ2) is 7.40. The van der Waals surface area contributed by atoms with Gasteiger partial charge < -0.3 is 0 Å². The van der Waals surface area contributed by atoms with E-state index in [0.717, 1.165) is 5.92 Å². The first-order valence-electron chi connectivity index (χ1n) is 7.06. The van der Waals surface area contributed by atoms with Gasteiger partial charge in [-0.05, 0) is 48.6 Å². The van der Waals surface area contributed by atoms with Crippen LogP contribution in [0.2, 0.25) is 0 Å². The van der Waals surface area contributed by atoms with Crippen LogP contribution in [0.1, 0.15) is 32.3 Å². The zero-order valence-electron chi connectivity index (χ0n) is 11.8. The fourth-order valence-electron chi connectivity index (χ4n) is 2.06. The Morgan fingerprint density at radius 1 is 0.842 bits per heavy atom. The predicted octanol–water partition coefficient (Wildman–Crippen LogP) is 5.82. The van der Waals surface area contributed by atoms with Crippen molar-refractivity contribution in [3.8, 4) is 0 Å². The largest absolute Gasteiger partial charge is 0.0901 e. The number of hydrogen-bond donors (Lipinski definition) is 0. The molecular weight excluding hydrogens is 248 g/mol. The third-order valence-corrected chi connectivity index (χ3v) is 4.16. The summed E-state index contributed by atoms with van der Waals surface area (Å²) in [5, 5.41) is 0. The summed E-state index contributed by atoms with van der Waals surface area (Å²) < 4.78 is 0. The molecule has 0 aliphatic carbocycles. The number of hydrogen-bond acceptors (Lipinski definition) is 1. The van der Waals surface area contributed by atoms with Crippen molar-refractivity contribution >= 4 is 11.8 Å². The van der Waals surface area contributed by atoms with Gasteiger partial charge in [0.25, 0.3) is 0 Å². The molecule has 0 aliphatic heterocycles. The van der Waals surface area contributed by atoms with E-state index in [4.69, 9.17) is 0 Å². The van der Waals surface area contributed by atoms with Gasteiger partial charge in [0, 0.05) is 9.79 Å². The van der Waals surface area contributed by atoms with Gasteiger partial charge in [0.15, 0.2) is 0 Å². The molecule has 0 bridgehead atoms. The average molecular weight is 270 g/mol. The first kappa shape index (κ1) is 14.2. The molecule has 0 nitrogen and oxygen atoms in total. The number of benzene rings is 2. The Labute approximate surface area is 121 Å². The Kier molecular flexibility index (Phi) is 5.53. The molecule has 100 valence electrons. The minimum absolute atomic E-state index is 0.813. The van der Waals surface area contributed by atoms with Crippen LogP contribution in [0, 0.1) is 5.92 Å². The first-order valence-corrected chi connectivity index (χ1v) is 7.87. The molecule has 0 spiro atoms. The van der Waals surface area contributed by atoms with Gasteiger partial charge in [-0.15, -0.1) is 0 Å². The maximum atomic E-state index is 2.29. The summed E-state index contributed by atoms with van der Waals surface area (Å²) in [6.45, 7) is 4.58. The highest BCUT2D eigenvalue weighted by Crippen LogP contribution is 2.27. The lowest BCUT2D eigenvalue weighted by molar-refractivity contribution is 0.556. The summed E-state index contributed by atoms with van der Waals surface area (Å²) in [7, 11) is 0. The number of rotatable bonds is 6. The summed E-state index contributed by atoms with van der Waals surface area (Å²) in [5.74, 6) is 0.813. The van der Waals surface area contributed by atoms with Crippen LogP contribution in [0.4, 0.5) is 0 Å². The standard InChI is InChI=1S/C18H22S/c1-15(2)7-6-8-16-11-13-18(14-12-16)19-17-9-4-3-5-10-17/h3-5,9-15H,6-8H2,1-2H3. The van der Waals surface area contributed by atoms with Gasteiger partial charge in [-0.2, -0.15) is 0 Å². The fourth-order valence-corrected chi connectivity index (χ4v) is 2.90. The summed E-state index contributed by atoms with van der Waals surface area (Å²) in [5.41, 5.74) is 1.46. The van der Waals surface area contributed by atoms with Crippen molar-refractivity contribution in [2.24, 2.45) is 5.92 Å². The predicted molar refractivity (Wildman–Crippen MR) is 84.8 cm³/mol. The molecular formula is C18H22S. The molecule has 0 radical (unpaired) electrons. The van der Waals surface area contributed by atoms with Crippen molar-refractivity contribution in [1.29, 1.82) is 0 Å². The number of aryl methyl sites for hydroxylation is 1. The zero-order chi connectivity index (χ0) is 13.5. The molecule has 19 heavy (non-hydrogen) atoms. The van der Waals surface area contributed by atoms with E-state index in [-0.39, 0.29) is 0 Å². The van der Waals surface area contributed by atoms with Crippen LogP contribution in [0.15, 0.2) is 64.4 Å². The first-order chi connectivity index (χ1) is 9.24. The SMILES string of the molecule is CC(C)CCCc1ccc(Sc2ccccc2)cc1. The van der Waals surface area contributed by atoms with Gasteiger partial charge in [0.1, 0.15) is 0 Å². The van der Waals surface area contributed by atoms with E-state index in [1.54, 1.807) is 0 Å². The van der Waals surface area contributed by atoms with Crippen LogP contribution < -0.4 is 0 Å². The normalized spacial score (nSPS) is 10.9. The van der Waals surface area contributed by atoms with Gasteiger partial charge in [-0.25, -0.2) is 0 Å². The maximum absolute atomic E-state index is 2.29. The molecule has 0 N–H and O–H groups in total. The highest BCUT2D eigenvalue weighted by atomic mass is 32.2. The Morgan fingerprint density at radius 2 is 1.47 bits per heavy atom. The molecule has 0 amide bonds. The van der Waals surface area contributed by atoms with E-state index in [9.17, 15) is 0 Å². The molecule has 0 atom stereocenters. The van der Waals surface area contributed by atoms with Crippen LogP contribution in [0.5, 0.6) is 0 Å². The molecule has 0 aliphatic rings. The van der Waals surface area contributed by atoms with Crippen LogP contribution in [0.25, 0.3) is 0 Å². The minimum Gasteiger partial charge on any atom is -0.0901 e. The van der Waals surface area contributed by atoms with E-state index < -0.39 is 0 Å². The smallest absolute Gasteiger partial charge is 0.0122 e. The van der Waals surface area contributed by atoms with E-state index >= 15 is 0 Å². The Bertz CT molecular complexity index is 471. The summed E-state index contributed by atoms with van der Waals surface area (Å²) >= 11 is 1.83. The van der Waals surface area contributed by atoms with Crippen molar-refractivity contribution < 1.29 is 0 Å². The fraction of sp³-hybridized carbons (Fsp3) is 0.333. The van der Waals surface area contributed by atoms with Gasteiger partial charge in [0.2, 0.25) is 0 Å². The van der Waals surface area contributed by atoms with Crippen LogP contribution in [-0.2, 0) is 6.42 Å². The van der Waals surface area contributed by atoms with Crippen molar-refractivity contribution in [2.75, 3.05) is 0 Å². The molecule has 2 aromatic carbocycles. The van der Waals surface area contributed by atoms with Gasteiger partial charge in [-0.3, -0.25) is 0 Å². The van der Waals surface area contributed by atoms with E-state index in [1.165, 1.54) is 34.6 Å². The van der Waals surface area contributed by atoms with E-state index in [0.29, 0.717) is 0 Å². The second-order valence-corrected chi connectivity index (χ2v) is 6.49. The quantitative estimate of drug-likeness (QED) is 0.637. The van der Waals surface area contributed by atoms with Crippen molar-refractivity contribution in [3.05, 3.63) is 60.2 Å². The Hall–Kier alpha value is -1.21. The molecule has 0 unspecified atom stereocenters. The topological polar surface area (TPSA) is 0 Å². The third-order valence-electron chi connectivity index (χ3n) is 3.15. The molecule has 1 heteroatoms. The zero-order valence-corrected chi connectivity index (χ0v) is 12.6. The molecule has 2 rings (SSSR count).